The van der Waals surface area contributed by atoms with Gasteiger partial charge in [-0.05, 0) is 36.4 Å². The predicted molar refractivity (Wildman–Crippen MR) is 125 cm³/mol. The number of carbonyl (C=O) groups is 1. The van der Waals surface area contributed by atoms with Gasteiger partial charge in [-0.2, -0.15) is 0 Å². The van der Waals surface area contributed by atoms with Gasteiger partial charge in [-0.25, -0.2) is 9.78 Å². The first-order chi connectivity index (χ1) is 15.7. The fourth-order valence-corrected chi connectivity index (χ4v) is 4.16. The highest BCUT2D eigenvalue weighted by molar-refractivity contribution is 5.91. The van der Waals surface area contributed by atoms with E-state index in [2.05, 4.69) is 32.9 Å². The second kappa shape index (κ2) is 8.30. The van der Waals surface area contributed by atoms with Crippen molar-refractivity contribution < 1.29 is 14.3 Å². The molecule has 8 nitrogen and oxygen atoms in total. The number of rotatable bonds is 4. The standard InChI is InChI=1S/C24H25N5O3/c1-31-17-9-10-19(22(16-17)32-2)26-24(30)28-14-12-27(13-15-28)23-21-8-5-11-29(21)20-7-4-3-6-18(20)25-23/h3-11,16H,12-15H2,1-2H3,(H,26,30). The number of nitrogens with one attached hydrogen (secondary N) is 1. The zero-order valence-corrected chi connectivity index (χ0v) is 18.1. The molecule has 2 aromatic carbocycles. The molecule has 1 fully saturated rings. The molecular formula is C24H25N5O3. The summed E-state index contributed by atoms with van der Waals surface area (Å²) in [5.74, 6) is 2.19. The van der Waals surface area contributed by atoms with E-state index in [4.69, 9.17) is 14.5 Å². The van der Waals surface area contributed by atoms with Crippen LogP contribution in [-0.4, -0.2) is 60.7 Å². The summed E-state index contributed by atoms with van der Waals surface area (Å²) >= 11 is 0. The smallest absolute Gasteiger partial charge is 0.322 e. The maximum Gasteiger partial charge on any atom is 0.322 e. The van der Waals surface area contributed by atoms with E-state index in [1.54, 1.807) is 32.4 Å². The first-order valence-corrected chi connectivity index (χ1v) is 10.6. The van der Waals surface area contributed by atoms with Crippen LogP contribution in [0.2, 0.25) is 0 Å². The van der Waals surface area contributed by atoms with Crippen molar-refractivity contribution in [1.82, 2.24) is 14.3 Å². The molecular weight excluding hydrogens is 406 g/mol. The lowest BCUT2D eigenvalue weighted by atomic mass is 10.2. The van der Waals surface area contributed by atoms with Crippen molar-refractivity contribution in [3.05, 3.63) is 60.8 Å². The molecule has 0 bridgehead atoms. The summed E-state index contributed by atoms with van der Waals surface area (Å²) in [4.78, 5) is 21.9. The molecule has 1 aliphatic rings. The maximum absolute atomic E-state index is 12.9. The highest BCUT2D eigenvalue weighted by Crippen LogP contribution is 2.30. The molecule has 1 saturated heterocycles. The molecule has 5 rings (SSSR count). The normalized spacial score (nSPS) is 14.1. The van der Waals surface area contributed by atoms with Gasteiger partial charge in [-0.15, -0.1) is 0 Å². The monoisotopic (exact) mass is 431 g/mol. The molecule has 0 atom stereocenters. The fraction of sp³-hybridized carbons (Fsp3) is 0.250. The lowest BCUT2D eigenvalue weighted by molar-refractivity contribution is 0.208. The Hall–Kier alpha value is -3.94. The quantitative estimate of drug-likeness (QED) is 0.531. The first-order valence-electron chi connectivity index (χ1n) is 10.6. The third kappa shape index (κ3) is 3.53. The molecule has 164 valence electrons. The van der Waals surface area contributed by atoms with Gasteiger partial charge in [0, 0.05) is 38.4 Å². The number of amides is 2. The molecule has 0 aliphatic carbocycles. The van der Waals surface area contributed by atoms with Crippen molar-refractivity contribution in [1.29, 1.82) is 0 Å². The van der Waals surface area contributed by atoms with Crippen LogP contribution in [0.4, 0.5) is 16.3 Å². The average molecular weight is 431 g/mol. The summed E-state index contributed by atoms with van der Waals surface area (Å²) in [5, 5.41) is 2.95. The van der Waals surface area contributed by atoms with Crippen molar-refractivity contribution >= 4 is 34.1 Å². The highest BCUT2D eigenvalue weighted by Gasteiger charge is 2.24. The molecule has 1 N–H and O–H groups in total. The zero-order valence-electron chi connectivity index (χ0n) is 18.1. The van der Waals surface area contributed by atoms with E-state index in [9.17, 15) is 4.79 Å². The van der Waals surface area contributed by atoms with Gasteiger partial charge in [-0.3, -0.25) is 0 Å². The summed E-state index contributed by atoms with van der Waals surface area (Å²) in [6.45, 7) is 2.62. The van der Waals surface area contributed by atoms with Gasteiger partial charge in [0.25, 0.3) is 0 Å². The Labute approximate surface area is 186 Å². The number of nitrogens with zero attached hydrogens (tertiary/aromatic N) is 4. The van der Waals surface area contributed by atoms with Gasteiger partial charge in [0.15, 0.2) is 5.82 Å². The largest absolute Gasteiger partial charge is 0.497 e. The summed E-state index contributed by atoms with van der Waals surface area (Å²) in [7, 11) is 3.17. The number of hydrogen-bond donors (Lipinski definition) is 1. The summed E-state index contributed by atoms with van der Waals surface area (Å²) < 4.78 is 12.8. The second-order valence-electron chi connectivity index (χ2n) is 7.66. The van der Waals surface area contributed by atoms with Crippen molar-refractivity contribution in [3.63, 3.8) is 0 Å². The van der Waals surface area contributed by atoms with E-state index in [0.717, 1.165) is 22.4 Å². The second-order valence-corrected chi connectivity index (χ2v) is 7.66. The number of anilines is 2. The Morgan fingerprint density at radius 1 is 0.938 bits per heavy atom. The zero-order chi connectivity index (χ0) is 22.1. The summed E-state index contributed by atoms with van der Waals surface area (Å²) in [6.07, 6.45) is 2.06. The van der Waals surface area contributed by atoms with Gasteiger partial charge in [0.2, 0.25) is 0 Å². The Bertz CT molecular complexity index is 1280. The molecule has 0 radical (unpaired) electrons. The van der Waals surface area contributed by atoms with Crippen LogP contribution in [0.5, 0.6) is 11.5 Å². The van der Waals surface area contributed by atoms with Crippen LogP contribution in [0, 0.1) is 0 Å². The summed E-state index contributed by atoms with van der Waals surface area (Å²) in [5.41, 5.74) is 3.73. The van der Waals surface area contributed by atoms with Crippen molar-refractivity contribution in [2.45, 2.75) is 0 Å². The van der Waals surface area contributed by atoms with Gasteiger partial charge >= 0.3 is 6.03 Å². The van der Waals surface area contributed by atoms with Gasteiger partial charge in [-0.1, -0.05) is 12.1 Å². The van der Waals surface area contributed by atoms with Gasteiger partial charge < -0.3 is 29.0 Å². The Kier molecular flexibility index (Phi) is 5.18. The minimum absolute atomic E-state index is 0.146. The van der Waals surface area contributed by atoms with Crippen LogP contribution in [0.15, 0.2) is 60.8 Å². The number of benzene rings is 2. The lowest BCUT2D eigenvalue weighted by Gasteiger charge is -2.35. The minimum atomic E-state index is -0.146. The number of para-hydroxylation sites is 2. The predicted octanol–water partition coefficient (Wildman–Crippen LogP) is 3.86. The summed E-state index contributed by atoms with van der Waals surface area (Å²) in [6, 6.07) is 17.5. The number of carbonyl (C=O) groups excluding carboxylic acids is 1. The molecule has 2 amide bonds. The van der Waals surface area contributed by atoms with Gasteiger partial charge in [0.1, 0.15) is 11.5 Å². The van der Waals surface area contributed by atoms with Crippen LogP contribution >= 0.6 is 0 Å². The van der Waals surface area contributed by atoms with E-state index in [0.29, 0.717) is 43.4 Å². The molecule has 8 heteroatoms. The number of methoxy groups -OCH3 is 2. The van der Waals surface area contributed by atoms with E-state index >= 15 is 0 Å². The average Bonchev–Trinajstić information content (AvgIpc) is 3.34. The molecule has 2 aromatic heterocycles. The Morgan fingerprint density at radius 3 is 2.50 bits per heavy atom. The van der Waals surface area contributed by atoms with Crippen LogP contribution in [-0.2, 0) is 0 Å². The van der Waals surface area contributed by atoms with Crippen molar-refractivity contribution in [3.8, 4) is 11.5 Å². The third-order valence-electron chi connectivity index (χ3n) is 5.86. The van der Waals surface area contributed by atoms with Crippen LogP contribution in [0.25, 0.3) is 16.6 Å². The number of aromatic nitrogens is 2. The maximum atomic E-state index is 12.9. The SMILES string of the molecule is COc1ccc(NC(=O)N2CCN(c3nc4ccccc4n4cccc34)CC2)c(OC)c1. The van der Waals surface area contributed by atoms with Crippen LogP contribution in [0.1, 0.15) is 0 Å². The number of fused-ring (bicyclic) bond motifs is 3. The molecule has 32 heavy (non-hydrogen) atoms. The van der Waals surface area contributed by atoms with Crippen LogP contribution in [0.3, 0.4) is 0 Å². The van der Waals surface area contributed by atoms with Crippen molar-refractivity contribution in [2.75, 3.05) is 50.6 Å². The lowest BCUT2D eigenvalue weighted by Crippen LogP contribution is -2.50. The fourth-order valence-electron chi connectivity index (χ4n) is 4.16. The van der Waals surface area contributed by atoms with Gasteiger partial charge in [0.05, 0.1) is 36.5 Å². The minimum Gasteiger partial charge on any atom is -0.497 e. The first kappa shape index (κ1) is 20.0. The molecule has 0 unspecified atom stereocenters. The van der Waals surface area contributed by atoms with Crippen molar-refractivity contribution in [2.24, 2.45) is 0 Å². The van der Waals surface area contributed by atoms with Crippen LogP contribution < -0.4 is 19.7 Å². The van der Waals surface area contributed by atoms with E-state index < -0.39 is 0 Å². The molecule has 4 aromatic rings. The molecule has 0 spiro atoms. The highest BCUT2D eigenvalue weighted by atomic mass is 16.5. The molecule has 0 saturated carbocycles. The van der Waals surface area contributed by atoms with E-state index in [-0.39, 0.29) is 6.03 Å². The number of ether oxygens (including phenoxy) is 2. The number of hydrogen-bond acceptors (Lipinski definition) is 5. The Morgan fingerprint density at radius 2 is 1.72 bits per heavy atom. The number of urea groups is 1. The molecule has 3 heterocycles. The third-order valence-corrected chi connectivity index (χ3v) is 5.86. The number of piperazine rings is 1. The van der Waals surface area contributed by atoms with E-state index in [1.807, 2.05) is 29.2 Å². The van der Waals surface area contributed by atoms with E-state index in [1.165, 1.54) is 0 Å². The molecule has 1 aliphatic heterocycles. The topological polar surface area (TPSA) is 71.3 Å². The Balaban J connectivity index is 1.31.